The van der Waals surface area contributed by atoms with E-state index in [-0.39, 0.29) is 22.8 Å². The fourth-order valence-electron chi connectivity index (χ4n) is 2.72. The molecular weight excluding hydrogens is 365 g/mol. The zero-order chi connectivity index (χ0) is 19.2. The van der Waals surface area contributed by atoms with Gasteiger partial charge < -0.3 is 14.5 Å². The first-order chi connectivity index (χ1) is 12.9. The molecule has 7 nitrogen and oxygen atoms in total. The van der Waals surface area contributed by atoms with Crippen molar-refractivity contribution in [3.05, 3.63) is 52.9 Å². The Morgan fingerprint density at radius 2 is 1.93 bits per heavy atom. The van der Waals surface area contributed by atoms with Crippen molar-refractivity contribution in [2.75, 3.05) is 7.11 Å². The van der Waals surface area contributed by atoms with Gasteiger partial charge in [0, 0.05) is 11.5 Å². The highest BCUT2D eigenvalue weighted by molar-refractivity contribution is 5.91. The first-order valence-corrected chi connectivity index (χ1v) is 7.68. The largest absolute Gasteiger partial charge is 0.573 e. The molecule has 0 aliphatic carbocycles. The molecule has 138 valence electrons. The van der Waals surface area contributed by atoms with E-state index in [2.05, 4.69) is 19.8 Å². The molecule has 0 bridgehead atoms. The summed E-state index contributed by atoms with van der Waals surface area (Å²) in [5.41, 5.74) is 0.170. The number of methoxy groups -OCH3 is 1. The van der Waals surface area contributed by atoms with Crippen LogP contribution in [0.15, 0.2) is 47.3 Å². The molecule has 0 aliphatic rings. The summed E-state index contributed by atoms with van der Waals surface area (Å²) in [5.74, 6) is -0.442. The lowest BCUT2D eigenvalue weighted by atomic mass is 10.2. The molecule has 27 heavy (non-hydrogen) atoms. The average Bonchev–Trinajstić information content (AvgIpc) is 3.06. The lowest BCUT2D eigenvalue weighted by Crippen LogP contribution is -2.18. The topological polar surface area (TPSA) is 81.5 Å². The number of fused-ring (bicyclic) bond motifs is 3. The number of alkyl halides is 3. The number of hydrogen-bond acceptors (Lipinski definition) is 5. The van der Waals surface area contributed by atoms with Gasteiger partial charge in [-0.15, -0.1) is 18.3 Å². The van der Waals surface area contributed by atoms with Gasteiger partial charge in [0.15, 0.2) is 11.5 Å². The SMILES string of the molecule is COc1ccc(-c2nc3c4ccccc4[nH]c(=O)n3n2)c(OC(F)(F)F)c1. The van der Waals surface area contributed by atoms with Crippen molar-refractivity contribution >= 4 is 16.6 Å². The van der Waals surface area contributed by atoms with Crippen LogP contribution in [0.3, 0.4) is 0 Å². The van der Waals surface area contributed by atoms with Crippen LogP contribution >= 0.6 is 0 Å². The van der Waals surface area contributed by atoms with Crippen LogP contribution in [0.1, 0.15) is 0 Å². The number of H-pyrrole nitrogens is 1. The minimum absolute atomic E-state index is 0.0275. The molecule has 0 aliphatic heterocycles. The minimum Gasteiger partial charge on any atom is -0.497 e. The summed E-state index contributed by atoms with van der Waals surface area (Å²) in [7, 11) is 1.32. The maximum atomic E-state index is 12.8. The van der Waals surface area contributed by atoms with Gasteiger partial charge in [-0.2, -0.15) is 4.52 Å². The van der Waals surface area contributed by atoms with Gasteiger partial charge in [-0.1, -0.05) is 12.1 Å². The zero-order valence-electron chi connectivity index (χ0n) is 13.7. The second-order valence-corrected chi connectivity index (χ2v) is 5.56. The van der Waals surface area contributed by atoms with E-state index in [0.29, 0.717) is 10.9 Å². The Hall–Kier alpha value is -3.56. The zero-order valence-corrected chi connectivity index (χ0v) is 13.7. The molecule has 0 saturated carbocycles. The van der Waals surface area contributed by atoms with Crippen LogP contribution in [0.4, 0.5) is 13.2 Å². The highest BCUT2D eigenvalue weighted by Crippen LogP contribution is 2.35. The third-order valence-corrected chi connectivity index (χ3v) is 3.86. The van der Waals surface area contributed by atoms with Crippen molar-refractivity contribution < 1.29 is 22.6 Å². The Labute approximate surface area is 149 Å². The smallest absolute Gasteiger partial charge is 0.497 e. The Bertz CT molecular complexity index is 1210. The van der Waals surface area contributed by atoms with E-state index >= 15 is 0 Å². The molecule has 0 spiro atoms. The molecule has 0 unspecified atom stereocenters. The molecule has 0 atom stereocenters. The number of aromatic nitrogens is 4. The Balaban J connectivity index is 1.96. The first-order valence-electron chi connectivity index (χ1n) is 7.68. The van der Waals surface area contributed by atoms with Gasteiger partial charge in [-0.25, -0.2) is 9.78 Å². The van der Waals surface area contributed by atoms with E-state index in [1.54, 1.807) is 24.3 Å². The van der Waals surface area contributed by atoms with Crippen molar-refractivity contribution in [2.45, 2.75) is 6.36 Å². The summed E-state index contributed by atoms with van der Waals surface area (Å²) < 4.78 is 48.4. The Morgan fingerprint density at radius 1 is 1.15 bits per heavy atom. The molecular formula is C17H11F3N4O3. The number of benzene rings is 2. The lowest BCUT2D eigenvalue weighted by molar-refractivity contribution is -0.274. The van der Waals surface area contributed by atoms with E-state index in [9.17, 15) is 18.0 Å². The van der Waals surface area contributed by atoms with E-state index in [4.69, 9.17) is 4.74 Å². The van der Waals surface area contributed by atoms with Crippen LogP contribution in [0.2, 0.25) is 0 Å². The summed E-state index contributed by atoms with van der Waals surface area (Å²) in [5, 5.41) is 4.65. The highest BCUT2D eigenvalue weighted by Gasteiger charge is 2.33. The summed E-state index contributed by atoms with van der Waals surface area (Å²) in [6.45, 7) is 0. The third kappa shape index (κ3) is 3.05. The van der Waals surface area contributed by atoms with Crippen LogP contribution in [-0.4, -0.2) is 33.1 Å². The van der Waals surface area contributed by atoms with Crippen molar-refractivity contribution in [1.82, 2.24) is 19.6 Å². The number of nitrogens with one attached hydrogen (secondary N) is 1. The van der Waals surface area contributed by atoms with Gasteiger partial charge in [-0.05, 0) is 24.3 Å². The van der Waals surface area contributed by atoms with Crippen molar-refractivity contribution in [2.24, 2.45) is 0 Å². The molecule has 2 heterocycles. The standard InChI is InChI=1S/C17H11F3N4O3/c1-26-9-6-7-11(13(8-9)27-17(18,19)20)14-22-15-10-4-2-3-5-12(10)21-16(25)24(15)23-14/h2-8H,1H3,(H,21,25). The molecule has 0 saturated heterocycles. The van der Waals surface area contributed by atoms with E-state index in [0.717, 1.165) is 10.6 Å². The normalized spacial score (nSPS) is 11.9. The predicted molar refractivity (Wildman–Crippen MR) is 89.8 cm³/mol. The molecule has 1 N–H and O–H groups in total. The number of aromatic amines is 1. The van der Waals surface area contributed by atoms with Crippen LogP contribution in [0.25, 0.3) is 27.9 Å². The maximum absolute atomic E-state index is 12.8. The fraction of sp³-hybridized carbons (Fsp3) is 0.118. The number of halogens is 3. The lowest BCUT2D eigenvalue weighted by Gasteiger charge is -2.12. The van der Waals surface area contributed by atoms with Gasteiger partial charge in [0.1, 0.15) is 11.5 Å². The first kappa shape index (κ1) is 16.9. The van der Waals surface area contributed by atoms with Gasteiger partial charge in [-0.3, -0.25) is 0 Å². The summed E-state index contributed by atoms with van der Waals surface area (Å²) >= 11 is 0. The van der Waals surface area contributed by atoms with Gasteiger partial charge in [0.2, 0.25) is 0 Å². The number of ether oxygens (including phenoxy) is 2. The molecule has 2 aromatic carbocycles. The monoisotopic (exact) mass is 376 g/mol. The third-order valence-electron chi connectivity index (χ3n) is 3.86. The van der Waals surface area contributed by atoms with Crippen LogP contribution in [0, 0.1) is 0 Å². The quantitative estimate of drug-likeness (QED) is 0.594. The minimum atomic E-state index is -4.91. The number of rotatable bonds is 3. The van der Waals surface area contributed by atoms with E-state index in [1.165, 1.54) is 19.2 Å². The molecule has 0 amide bonds. The van der Waals surface area contributed by atoms with Crippen molar-refractivity contribution in [3.8, 4) is 22.9 Å². The number of para-hydroxylation sites is 1. The molecule has 4 rings (SSSR count). The second kappa shape index (κ2) is 6.01. The summed E-state index contributed by atoms with van der Waals surface area (Å²) in [6, 6.07) is 10.8. The van der Waals surface area contributed by atoms with E-state index < -0.39 is 17.8 Å². The molecule has 0 fully saturated rings. The van der Waals surface area contributed by atoms with Crippen LogP contribution < -0.4 is 15.2 Å². The maximum Gasteiger partial charge on any atom is 0.573 e. The van der Waals surface area contributed by atoms with Crippen LogP contribution in [-0.2, 0) is 0 Å². The number of hydrogen-bond donors (Lipinski definition) is 1. The van der Waals surface area contributed by atoms with Gasteiger partial charge in [0.05, 0.1) is 18.2 Å². The van der Waals surface area contributed by atoms with Gasteiger partial charge in [0.25, 0.3) is 0 Å². The summed E-state index contributed by atoms with van der Waals surface area (Å²) in [4.78, 5) is 19.1. The van der Waals surface area contributed by atoms with Crippen molar-refractivity contribution in [1.29, 1.82) is 0 Å². The predicted octanol–water partition coefficient (Wildman–Crippen LogP) is 3.15. The second-order valence-electron chi connectivity index (χ2n) is 5.56. The molecule has 10 heteroatoms. The molecule has 4 aromatic rings. The summed E-state index contributed by atoms with van der Waals surface area (Å²) in [6.07, 6.45) is -4.91. The molecule has 2 aromatic heterocycles. The molecule has 0 radical (unpaired) electrons. The van der Waals surface area contributed by atoms with Gasteiger partial charge >= 0.3 is 12.1 Å². The average molecular weight is 376 g/mol. The Kier molecular flexibility index (Phi) is 3.76. The fourth-order valence-corrected chi connectivity index (χ4v) is 2.72. The Morgan fingerprint density at radius 3 is 2.67 bits per heavy atom. The van der Waals surface area contributed by atoms with E-state index in [1.807, 2.05) is 0 Å². The van der Waals surface area contributed by atoms with Crippen molar-refractivity contribution in [3.63, 3.8) is 0 Å². The van der Waals surface area contributed by atoms with Crippen LogP contribution in [0.5, 0.6) is 11.5 Å². The highest BCUT2D eigenvalue weighted by atomic mass is 19.4. The number of nitrogens with zero attached hydrogens (tertiary/aromatic N) is 3.